The topological polar surface area (TPSA) is 107 Å². The molecule has 5 heterocycles. The van der Waals surface area contributed by atoms with Gasteiger partial charge in [-0.15, -0.1) is 11.8 Å². The summed E-state index contributed by atoms with van der Waals surface area (Å²) < 4.78 is 31.5. The van der Waals surface area contributed by atoms with E-state index in [1.54, 1.807) is 4.57 Å². The predicted octanol–water partition coefficient (Wildman–Crippen LogP) is 3.53. The van der Waals surface area contributed by atoms with Crippen LogP contribution in [0.25, 0.3) is 11.2 Å². The lowest BCUT2D eigenvalue weighted by Crippen LogP contribution is -2.53. The first-order valence-corrected chi connectivity index (χ1v) is 13.1. The maximum Gasteiger partial charge on any atom is 0.345 e. The van der Waals surface area contributed by atoms with Crippen molar-refractivity contribution < 1.29 is 28.5 Å². The molecule has 0 aliphatic carbocycles. The van der Waals surface area contributed by atoms with Gasteiger partial charge in [-0.05, 0) is 50.1 Å². The number of esters is 1. The lowest BCUT2D eigenvalue weighted by atomic mass is 10.0. The number of carbonyl (C=O) groups is 1. The minimum atomic E-state index is -1.40. The van der Waals surface area contributed by atoms with E-state index in [4.69, 9.17) is 46.9 Å². The van der Waals surface area contributed by atoms with Crippen molar-refractivity contribution in [3.63, 3.8) is 0 Å². The Balaban J connectivity index is 1.57. The average molecular weight is 533 g/mol. The van der Waals surface area contributed by atoms with Gasteiger partial charge in [0.15, 0.2) is 23.4 Å². The third-order valence-corrected chi connectivity index (χ3v) is 8.22. The van der Waals surface area contributed by atoms with E-state index in [9.17, 15) is 4.79 Å². The van der Waals surface area contributed by atoms with E-state index in [1.807, 2.05) is 0 Å². The van der Waals surface area contributed by atoms with Gasteiger partial charge in [0.1, 0.15) is 11.6 Å². The highest BCUT2D eigenvalue weighted by Gasteiger charge is 2.61. The van der Waals surface area contributed by atoms with Gasteiger partial charge in [-0.2, -0.15) is 4.98 Å². The minimum Gasteiger partial charge on any atom is -0.467 e. The lowest BCUT2D eigenvalue weighted by molar-refractivity contribution is -0.251. The number of imidazole rings is 1. The summed E-state index contributed by atoms with van der Waals surface area (Å²) in [6, 6.07) is 0. The zero-order valence-corrected chi connectivity index (χ0v) is 21.0. The highest BCUT2D eigenvalue weighted by Crippen LogP contribution is 2.49. The fourth-order valence-corrected chi connectivity index (χ4v) is 6.57. The molecule has 0 aromatic carbocycles. The van der Waals surface area contributed by atoms with Crippen LogP contribution in [0.3, 0.4) is 0 Å². The molecule has 13 heteroatoms. The largest absolute Gasteiger partial charge is 0.467 e. The lowest BCUT2D eigenvalue weighted by Gasteiger charge is -2.38. The number of halogens is 2. The van der Waals surface area contributed by atoms with Crippen molar-refractivity contribution in [1.82, 2.24) is 19.5 Å². The molecule has 3 saturated heterocycles. The Morgan fingerprint density at radius 2 is 1.82 bits per heavy atom. The average Bonchev–Trinajstić information content (AvgIpc) is 3.43. The van der Waals surface area contributed by atoms with E-state index >= 15 is 0 Å². The molecular formula is C21H26Cl2N4O6S. The molecule has 0 N–H and O–H groups in total. The van der Waals surface area contributed by atoms with Crippen LogP contribution in [0.5, 0.6) is 0 Å². The Kier molecular flexibility index (Phi) is 7.50. The van der Waals surface area contributed by atoms with Crippen LogP contribution < -0.4 is 0 Å². The van der Waals surface area contributed by atoms with Crippen LogP contribution in [0, 0.1) is 0 Å². The standard InChI is InChI=1S/C21H26Cl2N4O6S/c1-29-19(28)21(27-11-24-15-17(22)25-20(23)26-18(15)27)16(33-14-7-3-5-9-31-14)12(10-34-21)32-13-6-2-4-8-30-13/h11-14,16H,2-10H2,1H3/t12-,13?,14?,16-,21+/m0/s1. The second kappa shape index (κ2) is 10.4. The highest BCUT2D eigenvalue weighted by molar-refractivity contribution is 8.01. The number of methoxy groups -OCH3 is 1. The first-order chi connectivity index (χ1) is 16.5. The van der Waals surface area contributed by atoms with E-state index in [0.29, 0.717) is 30.1 Å². The van der Waals surface area contributed by atoms with Crippen LogP contribution in [0.4, 0.5) is 0 Å². The Labute approximate surface area is 210 Å². The van der Waals surface area contributed by atoms with Crippen LogP contribution in [0.2, 0.25) is 10.4 Å². The van der Waals surface area contributed by atoms with Gasteiger partial charge in [0.2, 0.25) is 10.2 Å². The smallest absolute Gasteiger partial charge is 0.345 e. The first-order valence-electron chi connectivity index (χ1n) is 11.4. The number of fused-ring (bicyclic) bond motifs is 1. The molecule has 2 unspecified atom stereocenters. The Morgan fingerprint density at radius 3 is 2.47 bits per heavy atom. The number of hydrogen-bond donors (Lipinski definition) is 0. The van der Waals surface area contributed by atoms with Crippen molar-refractivity contribution in [2.24, 2.45) is 0 Å². The monoisotopic (exact) mass is 532 g/mol. The number of ether oxygens (including phenoxy) is 5. The van der Waals surface area contributed by atoms with Crippen LogP contribution in [-0.4, -0.2) is 76.4 Å². The van der Waals surface area contributed by atoms with Crippen molar-refractivity contribution in [3.05, 3.63) is 16.8 Å². The molecule has 3 fully saturated rings. The van der Waals surface area contributed by atoms with Gasteiger partial charge in [-0.25, -0.2) is 14.8 Å². The molecule has 0 radical (unpaired) electrons. The van der Waals surface area contributed by atoms with Gasteiger partial charge in [0.25, 0.3) is 0 Å². The van der Waals surface area contributed by atoms with Gasteiger partial charge in [-0.1, -0.05) is 11.6 Å². The van der Waals surface area contributed by atoms with Crippen molar-refractivity contribution >= 4 is 52.1 Å². The molecule has 3 aliphatic rings. The van der Waals surface area contributed by atoms with Crippen molar-refractivity contribution in [2.45, 2.75) is 68.2 Å². The SMILES string of the molecule is COC(=O)[C@]1(n2cnc3c(Cl)nc(Cl)nc32)SC[C@H](OC2CCCCO2)[C@@H]1OC1CCCCO1. The van der Waals surface area contributed by atoms with Crippen LogP contribution in [-0.2, 0) is 33.3 Å². The van der Waals surface area contributed by atoms with Gasteiger partial charge in [0, 0.05) is 19.0 Å². The van der Waals surface area contributed by atoms with E-state index in [0.717, 1.165) is 38.5 Å². The fraction of sp³-hybridized carbons (Fsp3) is 0.714. The molecule has 0 spiro atoms. The molecule has 186 valence electrons. The molecule has 5 atom stereocenters. The summed E-state index contributed by atoms with van der Waals surface area (Å²) >= 11 is 13.7. The molecule has 2 aromatic heterocycles. The molecule has 3 aliphatic heterocycles. The number of carbonyl (C=O) groups excluding carboxylic acids is 1. The molecule has 0 bridgehead atoms. The number of hydrogen-bond acceptors (Lipinski definition) is 10. The molecule has 5 rings (SSSR count). The van der Waals surface area contributed by atoms with Gasteiger partial charge >= 0.3 is 5.97 Å². The number of thioether (sulfide) groups is 1. The predicted molar refractivity (Wildman–Crippen MR) is 125 cm³/mol. The summed E-state index contributed by atoms with van der Waals surface area (Å²) in [5.41, 5.74) is 0.623. The first kappa shape index (κ1) is 24.5. The zero-order valence-electron chi connectivity index (χ0n) is 18.7. The number of aromatic nitrogens is 4. The summed E-state index contributed by atoms with van der Waals surface area (Å²) in [6.45, 7) is 1.24. The summed E-state index contributed by atoms with van der Waals surface area (Å²) in [5.74, 6) is -0.0717. The fourth-order valence-electron chi connectivity index (χ4n) is 4.63. The number of rotatable bonds is 6. The Hall–Kier alpha value is -1.21. The summed E-state index contributed by atoms with van der Waals surface area (Å²) in [7, 11) is 1.34. The van der Waals surface area contributed by atoms with Gasteiger partial charge in [-0.3, -0.25) is 4.57 Å². The summed E-state index contributed by atoms with van der Waals surface area (Å²) in [5, 5.41) is 0.0343. The second-order valence-electron chi connectivity index (χ2n) is 8.39. The molecule has 0 saturated carbocycles. The second-order valence-corrected chi connectivity index (χ2v) is 10.3. The zero-order chi connectivity index (χ0) is 23.7. The van der Waals surface area contributed by atoms with E-state index in [-0.39, 0.29) is 16.7 Å². The summed E-state index contributed by atoms with van der Waals surface area (Å²) in [4.78, 5) is 24.8. The van der Waals surface area contributed by atoms with E-state index in [2.05, 4.69) is 15.0 Å². The van der Waals surface area contributed by atoms with Crippen LogP contribution in [0.1, 0.15) is 38.5 Å². The molecular weight excluding hydrogens is 507 g/mol. The van der Waals surface area contributed by atoms with E-state index in [1.165, 1.54) is 25.2 Å². The van der Waals surface area contributed by atoms with Gasteiger partial charge < -0.3 is 23.7 Å². The van der Waals surface area contributed by atoms with Crippen molar-refractivity contribution in [2.75, 3.05) is 26.1 Å². The number of nitrogens with zero attached hydrogens (tertiary/aromatic N) is 4. The van der Waals surface area contributed by atoms with Gasteiger partial charge in [0.05, 0.1) is 19.5 Å². The maximum atomic E-state index is 13.5. The normalized spacial score (nSPS) is 32.2. The molecule has 34 heavy (non-hydrogen) atoms. The van der Waals surface area contributed by atoms with Crippen LogP contribution in [0.15, 0.2) is 6.33 Å². The Morgan fingerprint density at radius 1 is 1.12 bits per heavy atom. The maximum absolute atomic E-state index is 13.5. The van der Waals surface area contributed by atoms with E-state index < -0.39 is 29.3 Å². The third kappa shape index (κ3) is 4.52. The van der Waals surface area contributed by atoms with Crippen LogP contribution >= 0.6 is 35.0 Å². The summed E-state index contributed by atoms with van der Waals surface area (Å²) in [6.07, 6.45) is 4.87. The molecule has 2 aromatic rings. The minimum absolute atomic E-state index is 0.0567. The quantitative estimate of drug-likeness (QED) is 0.311. The highest BCUT2D eigenvalue weighted by atomic mass is 35.5. The third-order valence-electron chi connectivity index (χ3n) is 6.25. The Bertz CT molecular complexity index is 1030. The van der Waals surface area contributed by atoms with Crippen molar-refractivity contribution in [1.29, 1.82) is 0 Å². The molecule has 10 nitrogen and oxygen atoms in total. The molecule has 0 amide bonds. The van der Waals surface area contributed by atoms with Crippen molar-refractivity contribution in [3.8, 4) is 0 Å².